The lowest BCUT2D eigenvalue weighted by Gasteiger charge is -2.44. The van der Waals surface area contributed by atoms with E-state index in [-0.39, 0.29) is 11.7 Å². The van der Waals surface area contributed by atoms with Gasteiger partial charge in [-0.25, -0.2) is 0 Å². The molecule has 2 aliphatic heterocycles. The Balaban J connectivity index is 1.49. The number of fused-ring (bicyclic) bond motifs is 1. The SMILES string of the molecule is O=C1CC2(CCN(C(=O)c3cccnc3)CC2)Oc2ccc(Cl)cc21. The monoisotopic (exact) mass is 356 g/mol. The van der Waals surface area contributed by atoms with Crippen molar-refractivity contribution in [3.8, 4) is 5.75 Å². The number of ketones is 1. The molecular weight excluding hydrogens is 340 g/mol. The number of benzene rings is 1. The Morgan fingerprint density at radius 1 is 1.24 bits per heavy atom. The lowest BCUT2D eigenvalue weighted by molar-refractivity contribution is -0.00571. The van der Waals surface area contributed by atoms with Gasteiger partial charge in [0.2, 0.25) is 0 Å². The number of nitrogens with zero attached hydrogens (tertiary/aromatic N) is 2. The van der Waals surface area contributed by atoms with Gasteiger partial charge in [0.25, 0.3) is 5.91 Å². The van der Waals surface area contributed by atoms with Crippen molar-refractivity contribution in [1.82, 2.24) is 9.88 Å². The first-order valence-electron chi connectivity index (χ1n) is 8.27. The summed E-state index contributed by atoms with van der Waals surface area (Å²) >= 11 is 5.97. The number of hydrogen-bond donors (Lipinski definition) is 0. The van der Waals surface area contributed by atoms with E-state index >= 15 is 0 Å². The first-order chi connectivity index (χ1) is 12.1. The van der Waals surface area contributed by atoms with E-state index in [0.29, 0.717) is 54.3 Å². The van der Waals surface area contributed by atoms with Crippen molar-refractivity contribution in [1.29, 1.82) is 0 Å². The van der Waals surface area contributed by atoms with Crippen LogP contribution in [0, 0.1) is 0 Å². The minimum absolute atomic E-state index is 0.0303. The van der Waals surface area contributed by atoms with E-state index in [9.17, 15) is 9.59 Å². The van der Waals surface area contributed by atoms with Crippen LogP contribution in [0.5, 0.6) is 5.75 Å². The molecule has 0 saturated carbocycles. The number of amides is 1. The molecular formula is C19H17ClN2O3. The lowest BCUT2D eigenvalue weighted by Crippen LogP contribution is -2.52. The van der Waals surface area contributed by atoms with E-state index in [1.807, 2.05) is 0 Å². The number of ether oxygens (including phenoxy) is 1. The number of pyridine rings is 1. The lowest BCUT2D eigenvalue weighted by atomic mass is 9.82. The number of carbonyl (C=O) groups is 2. The molecule has 6 heteroatoms. The van der Waals surface area contributed by atoms with Crippen LogP contribution in [-0.2, 0) is 0 Å². The number of aromatic nitrogens is 1. The fourth-order valence-corrected chi connectivity index (χ4v) is 3.71. The normalized spacial score (nSPS) is 18.6. The summed E-state index contributed by atoms with van der Waals surface area (Å²) in [5.41, 5.74) is 0.606. The van der Waals surface area contributed by atoms with E-state index in [1.54, 1.807) is 47.6 Å². The van der Waals surface area contributed by atoms with Gasteiger partial charge >= 0.3 is 0 Å². The average molecular weight is 357 g/mol. The second-order valence-corrected chi connectivity index (χ2v) is 7.00. The topological polar surface area (TPSA) is 59.5 Å². The Morgan fingerprint density at radius 3 is 2.76 bits per heavy atom. The fraction of sp³-hybridized carbons (Fsp3) is 0.316. The van der Waals surface area contributed by atoms with Gasteiger partial charge in [0.15, 0.2) is 5.78 Å². The second-order valence-electron chi connectivity index (χ2n) is 6.56. The molecule has 0 radical (unpaired) electrons. The Morgan fingerprint density at radius 2 is 2.04 bits per heavy atom. The molecule has 4 rings (SSSR count). The van der Waals surface area contributed by atoms with Crippen LogP contribution in [0.1, 0.15) is 40.0 Å². The third kappa shape index (κ3) is 3.00. The molecule has 1 aromatic carbocycles. The van der Waals surface area contributed by atoms with Gasteiger partial charge in [0.05, 0.1) is 17.5 Å². The van der Waals surface area contributed by atoms with Crippen LogP contribution in [0.4, 0.5) is 0 Å². The summed E-state index contributed by atoms with van der Waals surface area (Å²) < 4.78 is 6.19. The molecule has 128 valence electrons. The first kappa shape index (κ1) is 16.1. The quantitative estimate of drug-likeness (QED) is 0.786. The molecule has 0 N–H and O–H groups in total. The zero-order valence-electron chi connectivity index (χ0n) is 13.6. The molecule has 1 fully saturated rings. The molecule has 1 spiro atoms. The van der Waals surface area contributed by atoms with Crippen molar-refractivity contribution in [2.24, 2.45) is 0 Å². The third-order valence-electron chi connectivity index (χ3n) is 4.92. The van der Waals surface area contributed by atoms with Crippen LogP contribution in [0.25, 0.3) is 0 Å². The molecule has 1 aromatic heterocycles. The summed E-state index contributed by atoms with van der Waals surface area (Å²) in [4.78, 5) is 30.9. The van der Waals surface area contributed by atoms with Crippen LogP contribution >= 0.6 is 11.6 Å². The number of Topliss-reactive ketones (excluding diaryl/α,β-unsaturated/α-hetero) is 1. The van der Waals surface area contributed by atoms with Gasteiger partial charge in [-0.3, -0.25) is 14.6 Å². The minimum atomic E-state index is -0.524. The Hall–Kier alpha value is -2.40. The molecule has 2 aliphatic rings. The van der Waals surface area contributed by atoms with Gasteiger partial charge in [0, 0.05) is 43.3 Å². The molecule has 1 amide bonds. The highest BCUT2D eigenvalue weighted by Gasteiger charge is 2.43. The van der Waals surface area contributed by atoms with Crippen molar-refractivity contribution in [3.05, 3.63) is 58.9 Å². The van der Waals surface area contributed by atoms with Gasteiger partial charge in [-0.1, -0.05) is 11.6 Å². The van der Waals surface area contributed by atoms with Crippen molar-refractivity contribution in [2.45, 2.75) is 24.9 Å². The third-order valence-corrected chi connectivity index (χ3v) is 5.16. The zero-order chi connectivity index (χ0) is 17.4. The minimum Gasteiger partial charge on any atom is -0.486 e. The van der Waals surface area contributed by atoms with Gasteiger partial charge < -0.3 is 9.64 Å². The summed E-state index contributed by atoms with van der Waals surface area (Å²) in [6.45, 7) is 1.12. The summed E-state index contributed by atoms with van der Waals surface area (Å²) in [6.07, 6.45) is 4.81. The molecule has 2 aromatic rings. The number of rotatable bonds is 1. The van der Waals surface area contributed by atoms with Gasteiger partial charge in [-0.05, 0) is 30.3 Å². The van der Waals surface area contributed by atoms with Crippen molar-refractivity contribution in [2.75, 3.05) is 13.1 Å². The standard InChI is InChI=1S/C19H17ClN2O3/c20-14-3-4-17-15(10-14)16(23)11-19(25-17)5-8-22(9-6-19)18(24)13-2-1-7-21-12-13/h1-4,7,10,12H,5-6,8-9,11H2. The van der Waals surface area contributed by atoms with Crippen molar-refractivity contribution in [3.63, 3.8) is 0 Å². The zero-order valence-corrected chi connectivity index (χ0v) is 14.3. The molecule has 25 heavy (non-hydrogen) atoms. The second kappa shape index (κ2) is 6.15. The van der Waals surface area contributed by atoms with Crippen LogP contribution < -0.4 is 4.74 Å². The van der Waals surface area contributed by atoms with Crippen LogP contribution in [0.2, 0.25) is 5.02 Å². The molecule has 3 heterocycles. The highest BCUT2D eigenvalue weighted by Crippen LogP contribution is 2.40. The fourth-order valence-electron chi connectivity index (χ4n) is 3.53. The van der Waals surface area contributed by atoms with Crippen LogP contribution in [0.15, 0.2) is 42.7 Å². The Bertz CT molecular complexity index is 830. The molecule has 5 nitrogen and oxygen atoms in total. The van der Waals surface area contributed by atoms with E-state index < -0.39 is 5.60 Å². The largest absolute Gasteiger partial charge is 0.486 e. The number of piperidine rings is 1. The van der Waals surface area contributed by atoms with Gasteiger partial charge in [0.1, 0.15) is 11.4 Å². The van der Waals surface area contributed by atoms with E-state index in [0.717, 1.165) is 0 Å². The summed E-state index contributed by atoms with van der Waals surface area (Å²) in [6, 6.07) is 8.66. The Labute approximate surface area is 150 Å². The summed E-state index contributed by atoms with van der Waals surface area (Å²) in [7, 11) is 0. The first-order valence-corrected chi connectivity index (χ1v) is 8.65. The van der Waals surface area contributed by atoms with E-state index in [1.165, 1.54) is 0 Å². The predicted molar refractivity (Wildman–Crippen MR) is 93.1 cm³/mol. The Kier molecular flexibility index (Phi) is 3.96. The van der Waals surface area contributed by atoms with Crippen LogP contribution in [-0.4, -0.2) is 40.3 Å². The van der Waals surface area contributed by atoms with E-state index in [4.69, 9.17) is 16.3 Å². The van der Waals surface area contributed by atoms with Gasteiger partial charge in [-0.15, -0.1) is 0 Å². The predicted octanol–water partition coefficient (Wildman–Crippen LogP) is 3.38. The molecule has 1 saturated heterocycles. The number of halogens is 1. The van der Waals surface area contributed by atoms with Crippen LogP contribution in [0.3, 0.4) is 0 Å². The summed E-state index contributed by atoms with van der Waals surface area (Å²) in [5.74, 6) is 0.612. The molecule has 0 atom stereocenters. The highest BCUT2D eigenvalue weighted by atomic mass is 35.5. The molecule has 0 unspecified atom stereocenters. The van der Waals surface area contributed by atoms with Gasteiger partial charge in [-0.2, -0.15) is 0 Å². The number of hydrogen-bond acceptors (Lipinski definition) is 4. The summed E-state index contributed by atoms with van der Waals surface area (Å²) in [5, 5.41) is 0.531. The molecule has 0 aliphatic carbocycles. The van der Waals surface area contributed by atoms with Crippen molar-refractivity contribution < 1.29 is 14.3 Å². The van der Waals surface area contributed by atoms with Crippen molar-refractivity contribution >= 4 is 23.3 Å². The highest BCUT2D eigenvalue weighted by molar-refractivity contribution is 6.31. The molecule has 0 bridgehead atoms. The smallest absolute Gasteiger partial charge is 0.255 e. The average Bonchev–Trinajstić information content (AvgIpc) is 2.63. The maximum atomic E-state index is 12.5. The maximum Gasteiger partial charge on any atom is 0.255 e. The van der Waals surface area contributed by atoms with E-state index in [2.05, 4.69) is 4.98 Å². The maximum absolute atomic E-state index is 12.5. The number of carbonyl (C=O) groups excluding carboxylic acids is 2. The number of likely N-dealkylation sites (tertiary alicyclic amines) is 1.